The van der Waals surface area contributed by atoms with Crippen molar-refractivity contribution in [2.75, 3.05) is 38.5 Å². The highest BCUT2D eigenvalue weighted by atomic mass is 32.1. The molecule has 0 unspecified atom stereocenters. The van der Waals surface area contributed by atoms with E-state index < -0.39 is 0 Å². The Balaban J connectivity index is 1.53. The summed E-state index contributed by atoms with van der Waals surface area (Å²) < 4.78 is 0. The molecule has 2 N–H and O–H groups in total. The standard InChI is InChI=1S/C24H25N7O3S/c1-30(2)21(32)13-15-10-11-25-19(12-15)27-24-26-18-8-9-20(28-23(18)35-24)31(3)17-7-5-6-16(14-17)22(33)29-34-4/h5-12,14H,13H2,1-4H3,(H,29,33)(H,25,26,27). The largest absolute Gasteiger partial charge is 0.349 e. The molecule has 4 aromatic rings. The fourth-order valence-electron chi connectivity index (χ4n) is 3.28. The number of aromatic nitrogens is 3. The number of nitrogens with zero attached hydrogens (tertiary/aromatic N) is 5. The Kier molecular flexibility index (Phi) is 7.18. The number of anilines is 4. The van der Waals surface area contributed by atoms with Gasteiger partial charge in [-0.2, -0.15) is 0 Å². The lowest BCUT2D eigenvalue weighted by Crippen LogP contribution is -2.23. The van der Waals surface area contributed by atoms with Gasteiger partial charge in [0.25, 0.3) is 5.91 Å². The van der Waals surface area contributed by atoms with Gasteiger partial charge in [0.05, 0.1) is 13.5 Å². The van der Waals surface area contributed by atoms with Gasteiger partial charge in [0.1, 0.15) is 22.0 Å². The minimum Gasteiger partial charge on any atom is -0.349 e. The third-order valence-corrected chi connectivity index (χ3v) is 6.07. The zero-order valence-electron chi connectivity index (χ0n) is 19.8. The van der Waals surface area contributed by atoms with Gasteiger partial charge in [0, 0.05) is 38.6 Å². The number of hydroxylamine groups is 1. The first-order valence-corrected chi connectivity index (χ1v) is 11.5. The average Bonchev–Trinajstić information content (AvgIpc) is 3.25. The molecule has 1 aromatic carbocycles. The maximum atomic E-state index is 12.1. The zero-order chi connectivity index (χ0) is 24.9. The Morgan fingerprint density at radius 1 is 1.06 bits per heavy atom. The van der Waals surface area contributed by atoms with Crippen LogP contribution in [-0.4, -0.2) is 59.9 Å². The first-order chi connectivity index (χ1) is 16.8. The molecule has 0 radical (unpaired) electrons. The van der Waals surface area contributed by atoms with E-state index in [9.17, 15) is 9.59 Å². The molecule has 3 heterocycles. The Bertz CT molecular complexity index is 1370. The van der Waals surface area contributed by atoms with Crippen molar-refractivity contribution in [3.63, 3.8) is 0 Å². The van der Waals surface area contributed by atoms with Crippen LogP contribution >= 0.6 is 11.3 Å². The van der Waals surface area contributed by atoms with Crippen LogP contribution in [0.4, 0.5) is 22.5 Å². The molecule has 0 saturated carbocycles. The fourth-order valence-corrected chi connectivity index (χ4v) is 4.12. The summed E-state index contributed by atoms with van der Waals surface area (Å²) in [6, 6.07) is 14.6. The van der Waals surface area contributed by atoms with E-state index in [1.54, 1.807) is 43.4 Å². The number of pyridine rings is 2. The van der Waals surface area contributed by atoms with E-state index in [0.29, 0.717) is 28.8 Å². The second kappa shape index (κ2) is 10.5. The van der Waals surface area contributed by atoms with Crippen molar-refractivity contribution in [2.24, 2.45) is 0 Å². The molecule has 0 aliphatic rings. The molecule has 0 atom stereocenters. The van der Waals surface area contributed by atoms with Crippen molar-refractivity contribution in [1.29, 1.82) is 0 Å². The summed E-state index contributed by atoms with van der Waals surface area (Å²) in [7, 11) is 6.74. The molecule has 0 fully saturated rings. The normalized spacial score (nSPS) is 10.7. The van der Waals surface area contributed by atoms with Crippen LogP contribution in [0.5, 0.6) is 0 Å². The number of amides is 2. The highest BCUT2D eigenvalue weighted by molar-refractivity contribution is 7.21. The van der Waals surface area contributed by atoms with Gasteiger partial charge in [0.2, 0.25) is 5.91 Å². The van der Waals surface area contributed by atoms with Crippen LogP contribution in [-0.2, 0) is 16.1 Å². The number of benzene rings is 1. The second-order valence-corrected chi connectivity index (χ2v) is 8.87. The third-order valence-electron chi connectivity index (χ3n) is 5.19. The number of hydrogen-bond acceptors (Lipinski definition) is 9. The van der Waals surface area contributed by atoms with Crippen molar-refractivity contribution in [1.82, 2.24) is 25.3 Å². The topological polar surface area (TPSA) is 113 Å². The highest BCUT2D eigenvalue weighted by Gasteiger charge is 2.13. The summed E-state index contributed by atoms with van der Waals surface area (Å²) in [5.74, 6) is 1.01. The van der Waals surface area contributed by atoms with Crippen LogP contribution < -0.4 is 15.7 Å². The molecule has 11 heteroatoms. The van der Waals surface area contributed by atoms with E-state index in [4.69, 9.17) is 9.82 Å². The molecule has 35 heavy (non-hydrogen) atoms. The Hall–Kier alpha value is -4.09. The monoisotopic (exact) mass is 491 g/mol. The molecule has 4 rings (SSSR count). The van der Waals surface area contributed by atoms with E-state index in [1.165, 1.54) is 18.4 Å². The average molecular weight is 492 g/mol. The number of carbonyl (C=O) groups is 2. The summed E-state index contributed by atoms with van der Waals surface area (Å²) in [6.07, 6.45) is 1.97. The summed E-state index contributed by atoms with van der Waals surface area (Å²) in [5.41, 5.74) is 5.22. The van der Waals surface area contributed by atoms with Gasteiger partial charge < -0.3 is 15.1 Å². The SMILES string of the molecule is CONC(=O)c1cccc(N(C)c2ccc3nc(Nc4cc(CC(=O)N(C)C)ccn4)sc3n2)c1. The molecular formula is C24H25N7O3S. The van der Waals surface area contributed by atoms with Gasteiger partial charge >= 0.3 is 0 Å². The number of rotatable bonds is 8. The molecule has 10 nitrogen and oxygen atoms in total. The lowest BCUT2D eigenvalue weighted by Gasteiger charge is -2.18. The van der Waals surface area contributed by atoms with Gasteiger partial charge in [0.15, 0.2) is 5.13 Å². The highest BCUT2D eigenvalue weighted by Crippen LogP contribution is 2.30. The number of carbonyl (C=O) groups excluding carboxylic acids is 2. The van der Waals surface area contributed by atoms with Crippen molar-refractivity contribution in [3.8, 4) is 0 Å². The summed E-state index contributed by atoms with van der Waals surface area (Å²) in [5, 5.41) is 3.86. The number of hydrogen-bond donors (Lipinski definition) is 2. The van der Waals surface area contributed by atoms with Gasteiger partial charge in [-0.05, 0) is 48.0 Å². The summed E-state index contributed by atoms with van der Waals surface area (Å²) in [4.78, 5) is 46.7. The molecule has 0 saturated heterocycles. The minimum absolute atomic E-state index is 0.0212. The zero-order valence-corrected chi connectivity index (χ0v) is 20.6. The second-order valence-electron chi connectivity index (χ2n) is 7.90. The number of likely N-dealkylation sites (N-methyl/N-ethyl adjacent to an activating group) is 1. The number of nitrogens with one attached hydrogen (secondary N) is 2. The first kappa shape index (κ1) is 24.0. The van der Waals surface area contributed by atoms with Gasteiger partial charge in [-0.1, -0.05) is 17.4 Å². The van der Waals surface area contributed by atoms with Crippen molar-refractivity contribution in [3.05, 3.63) is 65.9 Å². The molecule has 180 valence electrons. The maximum Gasteiger partial charge on any atom is 0.274 e. The number of thiazole rings is 1. The van der Waals surface area contributed by atoms with E-state index >= 15 is 0 Å². The Morgan fingerprint density at radius 2 is 1.89 bits per heavy atom. The smallest absolute Gasteiger partial charge is 0.274 e. The lowest BCUT2D eigenvalue weighted by molar-refractivity contribution is -0.127. The van der Waals surface area contributed by atoms with Crippen LogP contribution in [0.3, 0.4) is 0 Å². The van der Waals surface area contributed by atoms with Gasteiger partial charge in [-0.25, -0.2) is 20.4 Å². The number of fused-ring (bicyclic) bond motifs is 1. The summed E-state index contributed by atoms with van der Waals surface area (Å²) in [6.45, 7) is 0. The molecule has 2 amide bonds. The third kappa shape index (κ3) is 5.70. The predicted octanol–water partition coefficient (Wildman–Crippen LogP) is 3.52. The van der Waals surface area contributed by atoms with Crippen LogP contribution in [0, 0.1) is 0 Å². The van der Waals surface area contributed by atoms with Crippen LogP contribution in [0.25, 0.3) is 10.3 Å². The molecule has 0 spiro atoms. The molecular weight excluding hydrogens is 466 g/mol. The van der Waals surface area contributed by atoms with Crippen LogP contribution in [0.2, 0.25) is 0 Å². The molecule has 0 bridgehead atoms. The van der Waals surface area contributed by atoms with Crippen molar-refractivity contribution >= 4 is 56.0 Å². The summed E-state index contributed by atoms with van der Waals surface area (Å²) >= 11 is 1.40. The minimum atomic E-state index is -0.326. The van der Waals surface area contributed by atoms with E-state index in [0.717, 1.165) is 21.6 Å². The lowest BCUT2D eigenvalue weighted by atomic mass is 10.2. The van der Waals surface area contributed by atoms with Crippen LogP contribution in [0.15, 0.2) is 54.7 Å². The van der Waals surface area contributed by atoms with Crippen molar-refractivity contribution in [2.45, 2.75) is 6.42 Å². The quantitative estimate of drug-likeness (QED) is 0.360. The first-order valence-electron chi connectivity index (χ1n) is 10.7. The van der Waals surface area contributed by atoms with Crippen LogP contribution in [0.1, 0.15) is 15.9 Å². The molecule has 0 aliphatic carbocycles. The van der Waals surface area contributed by atoms with E-state index in [-0.39, 0.29) is 11.8 Å². The van der Waals surface area contributed by atoms with Gasteiger partial charge in [-0.15, -0.1) is 0 Å². The molecule has 3 aromatic heterocycles. The fraction of sp³-hybridized carbons (Fsp3) is 0.208. The maximum absolute atomic E-state index is 12.1. The van der Waals surface area contributed by atoms with Gasteiger partial charge in [-0.3, -0.25) is 14.4 Å². The molecule has 0 aliphatic heterocycles. The Morgan fingerprint density at radius 3 is 2.66 bits per heavy atom. The van der Waals surface area contributed by atoms with Crippen molar-refractivity contribution < 1.29 is 14.4 Å². The van der Waals surface area contributed by atoms with E-state index in [2.05, 4.69) is 20.8 Å². The Labute approximate surface area is 206 Å². The predicted molar refractivity (Wildman–Crippen MR) is 136 cm³/mol. The van der Waals surface area contributed by atoms with E-state index in [1.807, 2.05) is 42.3 Å².